The van der Waals surface area contributed by atoms with Crippen molar-refractivity contribution in [1.29, 1.82) is 0 Å². The number of alkyl halides is 2. The van der Waals surface area contributed by atoms with Gasteiger partial charge in [0, 0.05) is 128 Å². The number of nitrogens with one attached hydrogen (secondary N) is 3. The molecular formula is C68H93F2N11O14S. The van der Waals surface area contributed by atoms with Crippen molar-refractivity contribution in [2.24, 2.45) is 5.92 Å². The van der Waals surface area contributed by atoms with Gasteiger partial charge in [0.1, 0.15) is 19.2 Å². The van der Waals surface area contributed by atoms with Crippen LogP contribution in [0.3, 0.4) is 0 Å². The van der Waals surface area contributed by atoms with Gasteiger partial charge < -0.3 is 45.1 Å². The zero-order chi connectivity index (χ0) is 68.8. The lowest BCUT2D eigenvalue weighted by Crippen LogP contribution is -2.49. The molecule has 1 aromatic heterocycles. The highest BCUT2D eigenvalue weighted by atomic mass is 32.2. The van der Waals surface area contributed by atoms with Crippen molar-refractivity contribution >= 4 is 82.9 Å². The summed E-state index contributed by atoms with van der Waals surface area (Å²) >= 11 is 1.36. The van der Waals surface area contributed by atoms with E-state index in [2.05, 4.69) is 51.1 Å². The highest BCUT2D eigenvalue weighted by Gasteiger charge is 2.46. The Balaban J connectivity index is 0.851. The number of terminal acetylenes is 1. The van der Waals surface area contributed by atoms with Gasteiger partial charge in [-0.05, 0) is 100 Å². The molecule has 4 N–H and O–H groups in total. The Morgan fingerprint density at radius 2 is 1.46 bits per heavy atom. The summed E-state index contributed by atoms with van der Waals surface area (Å²) < 4.78 is 44.2. The number of carboxylic acid groups (broad SMARTS) is 1. The number of aryl methyl sites for hydroxylation is 2. The number of carboxylic acids is 1. The first kappa shape index (κ1) is 75.5. The number of halogens is 2. The molecule has 524 valence electrons. The summed E-state index contributed by atoms with van der Waals surface area (Å²) in [6, 6.07) is 13.9. The maximum atomic E-state index is 14.0. The van der Waals surface area contributed by atoms with E-state index in [9.17, 15) is 61.8 Å². The van der Waals surface area contributed by atoms with Gasteiger partial charge in [0.05, 0.1) is 55.2 Å². The van der Waals surface area contributed by atoms with Gasteiger partial charge in [-0.25, -0.2) is 8.78 Å². The molecule has 0 aliphatic carbocycles. The minimum Gasteiger partial charge on any atom is -0.494 e. The monoisotopic (exact) mass is 1360 g/mol. The minimum atomic E-state index is -3.10. The van der Waals surface area contributed by atoms with E-state index >= 15 is 0 Å². The molecule has 0 spiro atoms. The third kappa shape index (κ3) is 25.3. The maximum Gasteiger partial charge on any atom is 0.317 e. The number of carbonyl (C=O) groups is 10. The van der Waals surface area contributed by atoms with Crippen LogP contribution in [0.15, 0.2) is 54.7 Å². The molecule has 5 heterocycles. The van der Waals surface area contributed by atoms with Crippen molar-refractivity contribution in [1.82, 2.24) is 55.2 Å². The fraction of sp³-hybridized carbons (Fsp3) is 0.603. The highest BCUT2D eigenvalue weighted by molar-refractivity contribution is 8.01. The SMILES string of the molecule is C#C[C@H]1CC(F)(F)CN1C(=O)CNC(=O)c1ccnc2ccc(OCCCC3CCN(C(=O)CCCN4C(=O)CC(SC(CCCCCNC(=O)CCCc5ccc(C)cc5)CNC(=O)CN5CCN(COC=O)CCN(COC=O)CCN(CC(=O)O)CC5)C4=O)CC3)cc12. The number of piperidine rings is 1. The fourth-order valence-electron chi connectivity index (χ4n) is 12.3. The van der Waals surface area contributed by atoms with Crippen LogP contribution < -0.4 is 20.7 Å². The fourth-order valence-corrected chi connectivity index (χ4v) is 13.7. The molecule has 3 aromatic rings. The summed E-state index contributed by atoms with van der Waals surface area (Å²) in [7, 11) is 0. The molecule has 7 rings (SSSR count). The summed E-state index contributed by atoms with van der Waals surface area (Å²) in [6.07, 6.45) is 14.7. The van der Waals surface area contributed by atoms with Gasteiger partial charge >= 0.3 is 5.97 Å². The number of fused-ring (bicyclic) bond motifs is 1. The molecule has 4 saturated heterocycles. The molecule has 4 aliphatic heterocycles. The van der Waals surface area contributed by atoms with Gasteiger partial charge in [-0.3, -0.25) is 77.4 Å². The molecule has 7 amide bonds. The summed E-state index contributed by atoms with van der Waals surface area (Å²) in [5, 5.41) is 17.9. The molecule has 0 radical (unpaired) electrons. The van der Waals surface area contributed by atoms with Gasteiger partial charge in [0.2, 0.25) is 35.4 Å². The Morgan fingerprint density at radius 3 is 2.12 bits per heavy atom. The first-order valence-electron chi connectivity index (χ1n) is 33.3. The molecule has 4 aliphatic rings. The summed E-state index contributed by atoms with van der Waals surface area (Å²) in [5.41, 5.74) is 3.13. The predicted octanol–water partition coefficient (Wildman–Crippen LogP) is 3.93. The number of hydrogen-bond acceptors (Lipinski definition) is 19. The Labute approximate surface area is 564 Å². The van der Waals surface area contributed by atoms with Crippen molar-refractivity contribution in [3.63, 3.8) is 0 Å². The van der Waals surface area contributed by atoms with Gasteiger partial charge in [-0.2, -0.15) is 0 Å². The molecule has 28 heteroatoms. The Bertz CT molecular complexity index is 3140. The predicted molar refractivity (Wildman–Crippen MR) is 354 cm³/mol. The van der Waals surface area contributed by atoms with Gasteiger partial charge in [-0.15, -0.1) is 18.2 Å². The van der Waals surface area contributed by atoms with Gasteiger partial charge in [0.15, 0.2) is 0 Å². The second-order valence-corrected chi connectivity index (χ2v) is 26.6. The number of hydrogen-bond donors (Lipinski definition) is 4. The van der Waals surface area contributed by atoms with E-state index in [1.54, 1.807) is 23.1 Å². The van der Waals surface area contributed by atoms with E-state index in [0.29, 0.717) is 133 Å². The normalized spacial score (nSPS) is 19.0. The van der Waals surface area contributed by atoms with Crippen LogP contribution in [0.25, 0.3) is 10.9 Å². The van der Waals surface area contributed by atoms with Crippen LogP contribution in [0.4, 0.5) is 8.78 Å². The lowest BCUT2D eigenvalue weighted by atomic mass is 9.92. The number of ether oxygens (including phenoxy) is 3. The third-order valence-corrected chi connectivity index (χ3v) is 19.3. The molecular weight excluding hydrogens is 1260 g/mol. The number of rotatable bonds is 36. The number of likely N-dealkylation sites (tertiary alicyclic amines) is 3. The lowest BCUT2D eigenvalue weighted by molar-refractivity contribution is -0.140. The van der Waals surface area contributed by atoms with Crippen molar-refractivity contribution < 1.29 is 76.0 Å². The number of unbranched alkanes of at least 4 members (excludes halogenated alkanes) is 2. The van der Waals surface area contributed by atoms with E-state index < -0.39 is 54.5 Å². The van der Waals surface area contributed by atoms with E-state index in [1.165, 1.54) is 40.1 Å². The lowest BCUT2D eigenvalue weighted by Gasteiger charge is -2.33. The van der Waals surface area contributed by atoms with E-state index in [-0.39, 0.29) is 92.8 Å². The molecule has 2 aromatic carbocycles. The van der Waals surface area contributed by atoms with Crippen LogP contribution in [0.1, 0.15) is 111 Å². The number of benzene rings is 2. The maximum absolute atomic E-state index is 14.0. The number of aromatic nitrogens is 1. The van der Waals surface area contributed by atoms with Crippen molar-refractivity contribution in [2.75, 3.05) is 131 Å². The van der Waals surface area contributed by atoms with Crippen molar-refractivity contribution in [2.45, 2.75) is 126 Å². The number of carbonyl (C=O) groups excluding carboxylic acids is 9. The first-order chi connectivity index (χ1) is 46.3. The van der Waals surface area contributed by atoms with Gasteiger partial charge in [0.25, 0.3) is 24.8 Å². The molecule has 0 bridgehead atoms. The topological polar surface area (TPSA) is 290 Å². The zero-order valence-corrected chi connectivity index (χ0v) is 55.8. The van der Waals surface area contributed by atoms with E-state index in [4.69, 9.17) is 20.6 Å². The van der Waals surface area contributed by atoms with Crippen LogP contribution in [0.2, 0.25) is 0 Å². The first-order valence-corrected chi connectivity index (χ1v) is 34.3. The Kier molecular flexibility index (Phi) is 31.0. The van der Waals surface area contributed by atoms with Crippen LogP contribution in [0, 0.1) is 25.2 Å². The molecule has 3 atom stereocenters. The summed E-state index contributed by atoms with van der Waals surface area (Å²) in [5.74, 6) is -3.29. The molecule has 2 unspecified atom stereocenters. The molecule has 4 fully saturated rings. The average molecular weight is 1360 g/mol. The second-order valence-electron chi connectivity index (χ2n) is 25.0. The largest absolute Gasteiger partial charge is 0.494 e. The minimum absolute atomic E-state index is 0.00103. The average Bonchev–Trinajstić information content (AvgIpc) is 1.40. The van der Waals surface area contributed by atoms with Crippen LogP contribution in [-0.4, -0.2) is 258 Å². The number of amides is 7. The zero-order valence-electron chi connectivity index (χ0n) is 55.0. The standard InChI is InChI=1S/C68H93F2N11O14S/c1-3-53-40-68(69,70)45-81(53)64(88)42-74-66(91)56-21-25-71-58-20-19-54(38-57(56)58)95-37-9-11-52-22-27-79(28-23-52)62(86)14-8-26-80-63(87)39-59(67(80)92)96-55(12-5-4-6-24-72-60(84)13-7-10-51-17-15-50(2)16-18-51)41-73-61(85)43-75-29-30-76(44-65(89)90)32-34-78(47-94-49-83)36-35-77(33-31-75)46-93-48-82/h1,15-21,25,38,48-49,52-53,55,59H,4-14,22-24,26-37,39-47H2,2H3,(H,72,84)(H,73,85)(H,74,91)(H,89,90)/t53-,55?,59?/m0/s1. The molecule has 96 heavy (non-hydrogen) atoms. The molecule has 25 nitrogen and oxygen atoms in total. The Morgan fingerprint density at radius 1 is 0.781 bits per heavy atom. The van der Waals surface area contributed by atoms with Crippen molar-refractivity contribution in [3.05, 3.63) is 71.4 Å². The number of imide groups is 1. The number of pyridine rings is 1. The van der Waals surface area contributed by atoms with Gasteiger partial charge in [-0.1, -0.05) is 48.6 Å². The molecule has 0 saturated carbocycles. The summed E-state index contributed by atoms with van der Waals surface area (Å²) in [4.78, 5) is 143. The quantitative estimate of drug-likeness (QED) is 0.0278. The van der Waals surface area contributed by atoms with Crippen LogP contribution >= 0.6 is 11.8 Å². The Hall–Kier alpha value is -7.84. The van der Waals surface area contributed by atoms with Crippen LogP contribution in [0.5, 0.6) is 5.75 Å². The summed E-state index contributed by atoms with van der Waals surface area (Å²) in [6.45, 7) is 6.46. The number of thioether (sulfide) groups is 1. The highest BCUT2D eigenvalue weighted by Crippen LogP contribution is 2.33. The number of aliphatic carboxylic acids is 1. The number of nitrogens with zero attached hydrogens (tertiary/aromatic N) is 8. The van der Waals surface area contributed by atoms with Crippen molar-refractivity contribution in [3.8, 4) is 18.1 Å². The van der Waals surface area contributed by atoms with E-state index in [0.717, 1.165) is 62.7 Å². The smallest absolute Gasteiger partial charge is 0.317 e. The van der Waals surface area contributed by atoms with E-state index in [1.807, 2.05) is 26.5 Å². The third-order valence-electron chi connectivity index (χ3n) is 17.8. The second kappa shape index (κ2) is 39.4. The van der Waals surface area contributed by atoms with Crippen LogP contribution in [-0.2, 0) is 59.0 Å².